The molecule has 0 spiro atoms. The van der Waals surface area contributed by atoms with Crippen molar-refractivity contribution in [2.75, 3.05) is 14.2 Å². The Hall–Kier alpha value is -2.43. The maximum Gasteiger partial charge on any atom is 0.220 e. The first-order valence-corrected chi connectivity index (χ1v) is 8.72. The van der Waals surface area contributed by atoms with Gasteiger partial charge in [0.15, 0.2) is 11.6 Å². The molecule has 0 aliphatic carbocycles. The fourth-order valence-electron chi connectivity index (χ4n) is 1.60. The highest BCUT2D eigenvalue weighted by Gasteiger charge is 2.08. The molecule has 0 amide bonds. The molecule has 0 aliphatic rings. The summed E-state index contributed by atoms with van der Waals surface area (Å²) in [5.41, 5.74) is 1.45. The lowest BCUT2D eigenvalue weighted by molar-refractivity contribution is 0.101. The van der Waals surface area contributed by atoms with E-state index in [0.29, 0.717) is 23.1 Å². The predicted molar refractivity (Wildman–Crippen MR) is 105 cm³/mol. The molecule has 0 unspecified atom stereocenters. The van der Waals surface area contributed by atoms with Gasteiger partial charge in [-0.25, -0.2) is 0 Å². The first-order valence-electron chi connectivity index (χ1n) is 8.72. The second kappa shape index (κ2) is 15.1. The Morgan fingerprint density at radius 2 is 1.20 bits per heavy atom. The maximum absolute atomic E-state index is 11.2. The van der Waals surface area contributed by atoms with Crippen LogP contribution in [-0.4, -0.2) is 30.0 Å². The number of carbonyl (C=O) groups is 1. The minimum Gasteiger partial charge on any atom is -0.481 e. The van der Waals surface area contributed by atoms with Crippen molar-refractivity contribution in [3.8, 4) is 23.1 Å². The van der Waals surface area contributed by atoms with E-state index >= 15 is 0 Å². The van der Waals surface area contributed by atoms with Crippen LogP contribution in [0.25, 0.3) is 11.4 Å². The third kappa shape index (κ3) is 8.29. The summed E-state index contributed by atoms with van der Waals surface area (Å²) in [6, 6.07) is 8.68. The zero-order chi connectivity index (χ0) is 19.8. The van der Waals surface area contributed by atoms with Crippen LogP contribution in [0.2, 0.25) is 0 Å². The summed E-state index contributed by atoms with van der Waals surface area (Å²) in [5.74, 6) is 1.37. The number of carbonyl (C=O) groups excluding carboxylic acids is 1. The summed E-state index contributed by atoms with van der Waals surface area (Å²) in [4.78, 5) is 19.7. The minimum atomic E-state index is 0.0238. The normalized spacial score (nSPS) is 8.36. The predicted octanol–water partition coefficient (Wildman–Crippen LogP) is 5.44. The van der Waals surface area contributed by atoms with Gasteiger partial charge in [-0.1, -0.05) is 65.8 Å². The van der Waals surface area contributed by atoms with Crippen LogP contribution in [0.5, 0.6) is 11.8 Å². The fraction of sp³-hybridized carbons (Fsp3) is 0.450. The number of ketones is 1. The van der Waals surface area contributed by atoms with Crippen molar-refractivity contribution in [1.82, 2.24) is 9.97 Å². The summed E-state index contributed by atoms with van der Waals surface area (Å²) in [6.45, 7) is 13.5. The van der Waals surface area contributed by atoms with Crippen LogP contribution in [-0.2, 0) is 0 Å². The van der Waals surface area contributed by atoms with Crippen LogP contribution < -0.4 is 9.47 Å². The highest BCUT2D eigenvalue weighted by Crippen LogP contribution is 2.22. The van der Waals surface area contributed by atoms with Crippen molar-refractivity contribution in [1.29, 1.82) is 0 Å². The van der Waals surface area contributed by atoms with Gasteiger partial charge in [-0.15, -0.1) is 0 Å². The molecule has 2 rings (SSSR count). The number of rotatable bonds is 4. The van der Waals surface area contributed by atoms with E-state index in [1.807, 2.05) is 41.5 Å². The van der Waals surface area contributed by atoms with Crippen LogP contribution in [0.3, 0.4) is 0 Å². The number of Topliss-reactive ketones (excluding diaryl/α,β-unsaturated/α-hetero) is 1. The van der Waals surface area contributed by atoms with Crippen molar-refractivity contribution >= 4 is 5.78 Å². The SMILES string of the molecule is CC.CC.CC.COc1cc(OC)nc(-c2ccc(C(C)=O)cc2)n1. The molecule has 0 N–H and O–H groups in total. The lowest BCUT2D eigenvalue weighted by Crippen LogP contribution is -1.97. The number of aromatic nitrogens is 2. The smallest absolute Gasteiger partial charge is 0.220 e. The third-order valence-electron chi connectivity index (χ3n) is 2.65. The van der Waals surface area contributed by atoms with E-state index in [9.17, 15) is 4.79 Å². The van der Waals surface area contributed by atoms with E-state index in [0.717, 1.165) is 5.56 Å². The van der Waals surface area contributed by atoms with Crippen LogP contribution >= 0.6 is 0 Å². The van der Waals surface area contributed by atoms with Gasteiger partial charge in [-0.3, -0.25) is 4.79 Å². The number of benzene rings is 1. The quantitative estimate of drug-likeness (QED) is 0.688. The zero-order valence-electron chi connectivity index (χ0n) is 17.0. The van der Waals surface area contributed by atoms with Gasteiger partial charge in [0.2, 0.25) is 11.8 Å². The van der Waals surface area contributed by atoms with E-state index in [1.165, 1.54) is 21.1 Å². The van der Waals surface area contributed by atoms with Gasteiger partial charge >= 0.3 is 0 Å². The molecule has 0 fully saturated rings. The van der Waals surface area contributed by atoms with Gasteiger partial charge in [-0.2, -0.15) is 9.97 Å². The average molecular weight is 348 g/mol. The van der Waals surface area contributed by atoms with Gasteiger partial charge < -0.3 is 9.47 Å². The Bertz CT molecular complexity index is 574. The van der Waals surface area contributed by atoms with Crippen LogP contribution in [0.15, 0.2) is 30.3 Å². The Labute approximate surface area is 152 Å². The Morgan fingerprint density at radius 1 is 0.800 bits per heavy atom. The van der Waals surface area contributed by atoms with Gasteiger partial charge in [0, 0.05) is 11.1 Å². The van der Waals surface area contributed by atoms with Crippen LogP contribution in [0.4, 0.5) is 0 Å². The summed E-state index contributed by atoms with van der Waals surface area (Å²) < 4.78 is 10.2. The van der Waals surface area contributed by atoms with E-state index in [1.54, 1.807) is 30.3 Å². The van der Waals surface area contributed by atoms with E-state index < -0.39 is 0 Å². The summed E-state index contributed by atoms with van der Waals surface area (Å²) >= 11 is 0. The molecule has 0 saturated carbocycles. The van der Waals surface area contributed by atoms with E-state index in [2.05, 4.69) is 9.97 Å². The number of ether oxygens (including phenoxy) is 2. The van der Waals surface area contributed by atoms with Crippen molar-refractivity contribution in [3.63, 3.8) is 0 Å². The second-order valence-corrected chi connectivity index (χ2v) is 3.91. The second-order valence-electron chi connectivity index (χ2n) is 3.91. The Morgan fingerprint density at radius 3 is 1.52 bits per heavy atom. The van der Waals surface area contributed by atoms with Crippen molar-refractivity contribution < 1.29 is 14.3 Å². The molecule has 1 aromatic carbocycles. The highest BCUT2D eigenvalue weighted by molar-refractivity contribution is 5.94. The Kier molecular flexibility index (Phi) is 15.0. The average Bonchev–Trinajstić information content (AvgIpc) is 2.72. The molecule has 5 heteroatoms. The number of nitrogens with zero attached hydrogens (tertiary/aromatic N) is 2. The molecule has 0 radical (unpaired) electrons. The topological polar surface area (TPSA) is 61.3 Å². The molecule has 140 valence electrons. The van der Waals surface area contributed by atoms with Gasteiger partial charge in [-0.05, 0) is 6.92 Å². The highest BCUT2D eigenvalue weighted by atomic mass is 16.5. The first kappa shape index (κ1) is 24.8. The van der Waals surface area contributed by atoms with Crippen LogP contribution in [0, 0.1) is 0 Å². The van der Waals surface area contributed by atoms with Gasteiger partial charge in [0.05, 0.1) is 20.3 Å². The fourth-order valence-corrected chi connectivity index (χ4v) is 1.60. The summed E-state index contributed by atoms with van der Waals surface area (Å²) in [5, 5.41) is 0. The maximum atomic E-state index is 11.2. The lowest BCUT2D eigenvalue weighted by atomic mass is 10.1. The van der Waals surface area contributed by atoms with Crippen molar-refractivity contribution in [2.24, 2.45) is 0 Å². The molecule has 5 nitrogen and oxygen atoms in total. The first-order chi connectivity index (χ1) is 12.1. The lowest BCUT2D eigenvalue weighted by Gasteiger charge is -2.06. The monoisotopic (exact) mass is 348 g/mol. The van der Waals surface area contributed by atoms with Gasteiger partial charge in [0.25, 0.3) is 0 Å². The molecule has 25 heavy (non-hydrogen) atoms. The standard InChI is InChI=1S/C14H14N2O3.3C2H6/c1-9(17)10-4-6-11(7-5-10)14-15-12(18-2)8-13(16-14)19-3;3*1-2/h4-8H,1-3H3;3*1-2H3. The third-order valence-corrected chi connectivity index (χ3v) is 2.65. The molecular formula is C20H32N2O3. The summed E-state index contributed by atoms with van der Waals surface area (Å²) in [7, 11) is 3.06. The molecular weight excluding hydrogens is 316 g/mol. The molecule has 2 aromatic rings. The van der Waals surface area contributed by atoms with Crippen LogP contribution in [0.1, 0.15) is 58.8 Å². The van der Waals surface area contributed by atoms with E-state index in [4.69, 9.17) is 9.47 Å². The molecule has 1 heterocycles. The summed E-state index contributed by atoms with van der Waals surface area (Å²) in [6.07, 6.45) is 0. The molecule has 0 saturated heterocycles. The molecule has 0 bridgehead atoms. The van der Waals surface area contributed by atoms with Crippen molar-refractivity contribution in [3.05, 3.63) is 35.9 Å². The molecule has 0 aliphatic heterocycles. The largest absolute Gasteiger partial charge is 0.481 e. The Balaban J connectivity index is 0. The number of hydrogen-bond acceptors (Lipinski definition) is 5. The van der Waals surface area contributed by atoms with E-state index in [-0.39, 0.29) is 5.78 Å². The minimum absolute atomic E-state index is 0.0238. The molecule has 0 atom stereocenters. The molecule has 1 aromatic heterocycles. The number of methoxy groups -OCH3 is 2. The number of hydrogen-bond donors (Lipinski definition) is 0. The van der Waals surface area contributed by atoms with Crippen molar-refractivity contribution in [2.45, 2.75) is 48.5 Å². The van der Waals surface area contributed by atoms with Gasteiger partial charge in [0.1, 0.15) is 0 Å². The zero-order valence-corrected chi connectivity index (χ0v) is 17.0.